The fourth-order valence-electron chi connectivity index (χ4n) is 6.77. The minimum absolute atomic E-state index is 0.0211. The highest BCUT2D eigenvalue weighted by Crippen LogP contribution is 2.53. The number of fused-ring (bicyclic) bond motifs is 4. The number of carbonyl (C=O) groups is 3. The zero-order valence-electron chi connectivity index (χ0n) is 24.4. The van der Waals surface area contributed by atoms with Gasteiger partial charge in [0.25, 0.3) is 0 Å². The normalized spacial score (nSPS) is 29.8. The topological polar surface area (TPSA) is 97.4 Å². The van der Waals surface area contributed by atoms with Crippen LogP contribution in [0.5, 0.6) is 5.75 Å². The van der Waals surface area contributed by atoms with Crippen LogP contribution in [-0.2, 0) is 19.1 Å². The number of nitrogens with one attached hydrogen (secondary N) is 1. The van der Waals surface area contributed by atoms with Gasteiger partial charge in [-0.05, 0) is 85.4 Å². The van der Waals surface area contributed by atoms with Crippen LogP contribution in [0.2, 0.25) is 5.02 Å². The molecule has 6 atom stereocenters. The molecule has 4 heterocycles. The van der Waals surface area contributed by atoms with E-state index in [-0.39, 0.29) is 35.9 Å². The molecule has 4 aliphatic rings. The molecule has 10 heteroatoms. The van der Waals surface area contributed by atoms with Crippen LogP contribution in [0.15, 0.2) is 18.2 Å². The van der Waals surface area contributed by atoms with Crippen molar-refractivity contribution in [1.82, 2.24) is 15.1 Å². The number of rotatable bonds is 3. The maximum absolute atomic E-state index is 13.8. The zero-order chi connectivity index (χ0) is 29.0. The van der Waals surface area contributed by atoms with Crippen molar-refractivity contribution in [3.05, 3.63) is 28.8 Å². The molecule has 0 aromatic heterocycles. The number of hydrogen-bond acceptors (Lipinski definition) is 6. The number of halogens is 1. The first-order valence-corrected chi connectivity index (χ1v) is 14.8. The lowest BCUT2D eigenvalue weighted by Gasteiger charge is -2.53. The van der Waals surface area contributed by atoms with Crippen molar-refractivity contribution in [2.75, 3.05) is 19.6 Å². The molecule has 9 nitrogen and oxygen atoms in total. The van der Waals surface area contributed by atoms with Crippen LogP contribution in [0.4, 0.5) is 4.79 Å². The highest BCUT2D eigenvalue weighted by Gasteiger charge is 2.52. The van der Waals surface area contributed by atoms with Gasteiger partial charge >= 0.3 is 6.09 Å². The molecular formula is C30H42ClN3O6. The van der Waals surface area contributed by atoms with E-state index in [1.165, 1.54) is 0 Å². The molecule has 4 aliphatic heterocycles. The second-order valence-corrected chi connectivity index (χ2v) is 13.7. The Labute approximate surface area is 241 Å². The summed E-state index contributed by atoms with van der Waals surface area (Å²) in [7, 11) is 0. The summed E-state index contributed by atoms with van der Waals surface area (Å²) in [6.07, 6.45) is 2.30. The molecule has 1 aromatic carbocycles. The summed E-state index contributed by atoms with van der Waals surface area (Å²) in [6, 6.07) is 4.41. The maximum atomic E-state index is 13.8. The predicted molar refractivity (Wildman–Crippen MR) is 150 cm³/mol. The van der Waals surface area contributed by atoms with Crippen molar-refractivity contribution in [2.24, 2.45) is 11.8 Å². The first-order valence-electron chi connectivity index (χ1n) is 14.5. The smallest absolute Gasteiger partial charge is 0.408 e. The van der Waals surface area contributed by atoms with Crippen LogP contribution < -0.4 is 10.1 Å². The quantitative estimate of drug-likeness (QED) is 0.561. The number of piperidine rings is 1. The van der Waals surface area contributed by atoms with Gasteiger partial charge in [0.2, 0.25) is 11.8 Å². The van der Waals surface area contributed by atoms with Crippen molar-refractivity contribution in [3.8, 4) is 5.75 Å². The fourth-order valence-corrected chi connectivity index (χ4v) is 6.95. The lowest BCUT2D eigenvalue weighted by molar-refractivity contribution is -0.189. The first-order chi connectivity index (χ1) is 18.7. The van der Waals surface area contributed by atoms with E-state index in [0.29, 0.717) is 31.1 Å². The van der Waals surface area contributed by atoms with Gasteiger partial charge in [-0.1, -0.05) is 11.6 Å². The van der Waals surface area contributed by atoms with E-state index in [4.69, 9.17) is 25.8 Å². The van der Waals surface area contributed by atoms with Gasteiger partial charge < -0.3 is 29.3 Å². The molecule has 0 spiro atoms. The number of amides is 3. The number of alkyl carbamates (subject to hydrolysis) is 1. The van der Waals surface area contributed by atoms with Gasteiger partial charge in [0.05, 0.1) is 12.2 Å². The third-order valence-corrected chi connectivity index (χ3v) is 8.92. The average molecular weight is 576 g/mol. The molecule has 3 saturated heterocycles. The lowest BCUT2D eigenvalue weighted by atomic mass is 9.70. The SMILES string of the molecule is C[C@@H](NC(=O)OC(C)(C)C)C(=O)N1CCC[C@H]1C(=O)N1CC[C@@H]2O[C@@H]3c4cc(Cl)ccc4OC(C)(C)[C@H]3C[C@@H]2C1. The summed E-state index contributed by atoms with van der Waals surface area (Å²) in [5.41, 5.74) is -0.0825. The molecule has 0 unspecified atom stereocenters. The van der Waals surface area contributed by atoms with Crippen LogP contribution in [0.1, 0.15) is 78.9 Å². The fraction of sp³-hybridized carbons (Fsp3) is 0.700. The summed E-state index contributed by atoms with van der Waals surface area (Å²) in [6.45, 7) is 12.8. The summed E-state index contributed by atoms with van der Waals surface area (Å²) < 4.78 is 18.4. The number of ether oxygens (including phenoxy) is 3. The summed E-state index contributed by atoms with van der Waals surface area (Å²) in [5.74, 6) is 0.842. The maximum Gasteiger partial charge on any atom is 0.408 e. The van der Waals surface area contributed by atoms with E-state index >= 15 is 0 Å². The molecule has 0 radical (unpaired) electrons. The Hall–Kier alpha value is -2.52. The Morgan fingerprint density at radius 1 is 1.18 bits per heavy atom. The molecule has 1 aromatic rings. The van der Waals surface area contributed by atoms with E-state index in [1.807, 2.05) is 23.1 Å². The van der Waals surface area contributed by atoms with Crippen molar-refractivity contribution in [2.45, 2.75) is 103 Å². The van der Waals surface area contributed by atoms with Gasteiger partial charge in [-0.25, -0.2) is 4.79 Å². The van der Waals surface area contributed by atoms with Gasteiger partial charge in [-0.3, -0.25) is 9.59 Å². The van der Waals surface area contributed by atoms with Crippen molar-refractivity contribution in [3.63, 3.8) is 0 Å². The lowest BCUT2D eigenvalue weighted by Crippen LogP contribution is -2.58. The molecule has 3 amide bonds. The minimum Gasteiger partial charge on any atom is -0.487 e. The summed E-state index contributed by atoms with van der Waals surface area (Å²) in [4.78, 5) is 42.8. The highest BCUT2D eigenvalue weighted by molar-refractivity contribution is 6.30. The predicted octanol–water partition coefficient (Wildman–Crippen LogP) is 4.71. The van der Waals surface area contributed by atoms with Crippen molar-refractivity contribution in [1.29, 1.82) is 0 Å². The number of likely N-dealkylation sites (tertiary alicyclic amines) is 2. The van der Waals surface area contributed by atoms with Crippen LogP contribution in [0.3, 0.4) is 0 Å². The molecule has 3 fully saturated rings. The van der Waals surface area contributed by atoms with Gasteiger partial charge in [0.15, 0.2) is 0 Å². The largest absolute Gasteiger partial charge is 0.487 e. The molecule has 5 rings (SSSR count). The summed E-state index contributed by atoms with van der Waals surface area (Å²) >= 11 is 6.33. The molecule has 0 bridgehead atoms. The Bertz CT molecular complexity index is 1170. The molecule has 0 saturated carbocycles. The molecular weight excluding hydrogens is 534 g/mol. The van der Waals surface area contributed by atoms with Crippen LogP contribution in [0, 0.1) is 11.8 Å². The Morgan fingerprint density at radius 2 is 1.93 bits per heavy atom. The number of nitrogens with zero attached hydrogens (tertiary/aromatic N) is 2. The van der Waals surface area contributed by atoms with E-state index in [9.17, 15) is 14.4 Å². The van der Waals surface area contributed by atoms with Gasteiger partial charge in [0, 0.05) is 42.1 Å². The monoisotopic (exact) mass is 575 g/mol. The van der Waals surface area contributed by atoms with Crippen molar-refractivity contribution >= 4 is 29.5 Å². The Morgan fingerprint density at radius 3 is 2.65 bits per heavy atom. The summed E-state index contributed by atoms with van der Waals surface area (Å²) in [5, 5.41) is 3.29. The highest BCUT2D eigenvalue weighted by atomic mass is 35.5. The number of carbonyl (C=O) groups excluding carboxylic acids is 3. The molecule has 40 heavy (non-hydrogen) atoms. The standard InChI is InChI=1S/C30H42ClN3O6/c1-17(32-28(37)40-29(2,3)4)26(35)34-12-7-8-22(34)27(36)33-13-11-23-18(16-33)14-21-25(38-23)20-15-19(31)9-10-24(20)39-30(21,5)6/h9-10,15,17-18,21-23,25H,7-8,11-14,16H2,1-6H3,(H,32,37)/t17-,18-,21+,22+,23+,25-/m1/s1. The van der Waals surface area contributed by atoms with Crippen LogP contribution in [0.25, 0.3) is 0 Å². The third kappa shape index (κ3) is 5.77. The Balaban J connectivity index is 1.24. The van der Waals surface area contributed by atoms with E-state index in [1.54, 1.807) is 32.6 Å². The van der Waals surface area contributed by atoms with E-state index in [0.717, 1.165) is 30.6 Å². The van der Waals surface area contributed by atoms with Gasteiger partial charge in [0.1, 0.15) is 29.0 Å². The van der Waals surface area contributed by atoms with Crippen LogP contribution in [-0.4, -0.2) is 76.7 Å². The molecule has 1 N–H and O–H groups in total. The Kier molecular flexibility index (Phi) is 7.76. The van der Waals surface area contributed by atoms with Crippen LogP contribution >= 0.6 is 11.6 Å². The number of hydrogen-bond donors (Lipinski definition) is 1. The molecule has 220 valence electrons. The second-order valence-electron chi connectivity index (χ2n) is 13.2. The first kappa shape index (κ1) is 29.0. The zero-order valence-corrected chi connectivity index (χ0v) is 25.1. The second kappa shape index (κ2) is 10.7. The van der Waals surface area contributed by atoms with E-state index < -0.39 is 29.4 Å². The van der Waals surface area contributed by atoms with Crippen molar-refractivity contribution < 1.29 is 28.6 Å². The minimum atomic E-state index is -0.789. The van der Waals surface area contributed by atoms with Gasteiger partial charge in [-0.2, -0.15) is 0 Å². The number of benzene rings is 1. The van der Waals surface area contributed by atoms with Gasteiger partial charge in [-0.15, -0.1) is 0 Å². The molecule has 0 aliphatic carbocycles. The van der Waals surface area contributed by atoms with E-state index in [2.05, 4.69) is 19.2 Å². The third-order valence-electron chi connectivity index (χ3n) is 8.69. The average Bonchev–Trinajstić information content (AvgIpc) is 3.36.